The zero-order chi connectivity index (χ0) is 26.7. The molecule has 8 nitrogen and oxygen atoms in total. The quantitative estimate of drug-likeness (QED) is 0.252. The van der Waals surface area contributed by atoms with Gasteiger partial charge in [-0.2, -0.15) is 0 Å². The predicted molar refractivity (Wildman–Crippen MR) is 135 cm³/mol. The first kappa shape index (κ1) is 25.6. The van der Waals surface area contributed by atoms with Gasteiger partial charge in [-0.1, -0.05) is 6.07 Å². The Morgan fingerprint density at radius 2 is 1.65 bits per heavy atom. The van der Waals surface area contributed by atoms with E-state index >= 15 is 0 Å². The van der Waals surface area contributed by atoms with Gasteiger partial charge in [-0.15, -0.1) is 0 Å². The van der Waals surface area contributed by atoms with E-state index in [0.717, 1.165) is 12.1 Å². The number of ether oxygens (including phenoxy) is 3. The van der Waals surface area contributed by atoms with Crippen LogP contribution < -0.4 is 19.1 Å². The maximum absolute atomic E-state index is 14.1. The van der Waals surface area contributed by atoms with Crippen LogP contribution in [0.15, 0.2) is 66.2 Å². The van der Waals surface area contributed by atoms with E-state index in [9.17, 15) is 24.2 Å². The highest BCUT2D eigenvalue weighted by Gasteiger charge is 2.47. The zero-order valence-electron chi connectivity index (χ0n) is 20.5. The lowest BCUT2D eigenvalue weighted by molar-refractivity contribution is -0.132. The molecule has 0 bridgehead atoms. The van der Waals surface area contributed by atoms with E-state index < -0.39 is 29.3 Å². The summed E-state index contributed by atoms with van der Waals surface area (Å²) in [6.45, 7) is 4.30. The summed E-state index contributed by atoms with van der Waals surface area (Å²) in [5.74, 6) is -2.42. The molecule has 3 aromatic rings. The van der Waals surface area contributed by atoms with Crippen LogP contribution in [-0.4, -0.2) is 42.2 Å². The Bertz CT molecular complexity index is 1370. The minimum Gasteiger partial charge on any atom is -0.507 e. The maximum Gasteiger partial charge on any atom is 0.300 e. The van der Waals surface area contributed by atoms with Crippen LogP contribution in [0.5, 0.6) is 23.0 Å². The van der Waals surface area contributed by atoms with Crippen molar-refractivity contribution < 1.29 is 38.4 Å². The number of anilines is 1. The molecule has 0 spiro atoms. The van der Waals surface area contributed by atoms with Crippen molar-refractivity contribution in [3.05, 3.63) is 83.2 Å². The fourth-order valence-corrected chi connectivity index (χ4v) is 4.27. The fourth-order valence-electron chi connectivity index (χ4n) is 4.27. The number of halogens is 1. The Labute approximate surface area is 213 Å². The number of carbonyl (C=O) groups is 2. The topological polar surface area (TPSA) is 106 Å². The van der Waals surface area contributed by atoms with E-state index in [0.29, 0.717) is 23.6 Å². The summed E-state index contributed by atoms with van der Waals surface area (Å²) in [7, 11) is 1.34. The number of aromatic hydroxyl groups is 1. The van der Waals surface area contributed by atoms with Crippen LogP contribution in [0.4, 0.5) is 10.1 Å². The lowest BCUT2D eigenvalue weighted by Gasteiger charge is -2.26. The third-order valence-corrected chi connectivity index (χ3v) is 5.89. The van der Waals surface area contributed by atoms with Crippen LogP contribution in [-0.2, 0) is 9.59 Å². The highest BCUT2D eigenvalue weighted by molar-refractivity contribution is 6.51. The largest absolute Gasteiger partial charge is 0.507 e. The monoisotopic (exact) mass is 507 g/mol. The van der Waals surface area contributed by atoms with Gasteiger partial charge in [0.25, 0.3) is 11.7 Å². The van der Waals surface area contributed by atoms with Crippen molar-refractivity contribution in [2.24, 2.45) is 0 Å². The summed E-state index contributed by atoms with van der Waals surface area (Å²) in [6.07, 6.45) is 0. The second kappa shape index (κ2) is 10.6. The molecule has 1 heterocycles. The molecule has 0 aromatic heterocycles. The molecule has 1 fully saturated rings. The van der Waals surface area contributed by atoms with E-state index in [2.05, 4.69) is 0 Å². The van der Waals surface area contributed by atoms with Crippen molar-refractivity contribution in [1.82, 2.24) is 0 Å². The minimum atomic E-state index is -1.12. The number of nitrogens with zero attached hydrogens (tertiary/aromatic N) is 1. The number of hydrogen-bond donors (Lipinski definition) is 2. The molecule has 4 rings (SSSR count). The average Bonchev–Trinajstić information content (AvgIpc) is 3.16. The number of benzene rings is 3. The molecule has 192 valence electrons. The lowest BCUT2D eigenvalue weighted by atomic mass is 9.94. The van der Waals surface area contributed by atoms with Gasteiger partial charge in [0.2, 0.25) is 0 Å². The van der Waals surface area contributed by atoms with Crippen molar-refractivity contribution >= 4 is 23.1 Å². The van der Waals surface area contributed by atoms with Gasteiger partial charge in [-0.3, -0.25) is 14.5 Å². The number of carbonyl (C=O) groups excluding carboxylic acids is 2. The number of Topliss-reactive ketones (excluding diaryl/α,β-unsaturated/α-hetero) is 1. The van der Waals surface area contributed by atoms with E-state index in [4.69, 9.17) is 14.2 Å². The first-order chi connectivity index (χ1) is 17.8. The molecule has 1 amide bonds. The zero-order valence-corrected chi connectivity index (χ0v) is 20.5. The third kappa shape index (κ3) is 4.80. The van der Waals surface area contributed by atoms with Crippen LogP contribution in [0.3, 0.4) is 0 Å². The number of ketones is 1. The molecule has 1 aliphatic heterocycles. The average molecular weight is 508 g/mol. The second-order valence-electron chi connectivity index (χ2n) is 8.10. The van der Waals surface area contributed by atoms with Gasteiger partial charge in [-0.05, 0) is 74.0 Å². The molecule has 1 unspecified atom stereocenters. The molecule has 1 aliphatic rings. The summed E-state index contributed by atoms with van der Waals surface area (Å²) < 4.78 is 30.4. The summed E-state index contributed by atoms with van der Waals surface area (Å²) in [5, 5.41) is 21.5. The number of rotatable bonds is 8. The van der Waals surface area contributed by atoms with Gasteiger partial charge in [0.15, 0.2) is 11.5 Å². The SMILES string of the molecule is CCOc1ccc(N2C(=O)C(=O)/C(=C(/O)c3cc(F)ccc3OC)C2c2ccc(O)c(OCC)c2)cc1. The predicted octanol–water partition coefficient (Wildman–Crippen LogP) is 4.96. The molecule has 0 aliphatic carbocycles. The van der Waals surface area contributed by atoms with Crippen molar-refractivity contribution in [2.45, 2.75) is 19.9 Å². The number of phenols is 1. The van der Waals surface area contributed by atoms with E-state index in [1.54, 1.807) is 31.2 Å². The van der Waals surface area contributed by atoms with Gasteiger partial charge in [0, 0.05) is 5.69 Å². The van der Waals surface area contributed by atoms with Crippen LogP contribution in [0, 0.1) is 5.82 Å². The van der Waals surface area contributed by atoms with Gasteiger partial charge < -0.3 is 24.4 Å². The standard InChI is InChI=1S/C28H26FNO7/c1-4-36-19-10-8-18(9-11-19)30-25(16-6-12-21(31)23(14-16)37-5-2)24(27(33)28(30)34)26(32)20-15-17(29)7-13-22(20)35-3/h6-15,25,31-32H,4-5H2,1-3H3/b26-24+. The number of aliphatic hydroxyl groups excluding tert-OH is 1. The van der Waals surface area contributed by atoms with Crippen LogP contribution >= 0.6 is 0 Å². The molecule has 0 radical (unpaired) electrons. The summed E-state index contributed by atoms with van der Waals surface area (Å²) >= 11 is 0. The van der Waals surface area contributed by atoms with E-state index in [-0.39, 0.29) is 35.0 Å². The number of phenolic OH excluding ortho intramolecular Hbond substituents is 1. The number of hydrogen-bond acceptors (Lipinski definition) is 7. The van der Waals surface area contributed by atoms with Crippen LogP contribution in [0.1, 0.15) is 31.0 Å². The lowest BCUT2D eigenvalue weighted by Crippen LogP contribution is -2.29. The molecule has 1 saturated heterocycles. The van der Waals surface area contributed by atoms with Gasteiger partial charge >= 0.3 is 0 Å². The maximum atomic E-state index is 14.1. The molecule has 2 N–H and O–H groups in total. The third-order valence-electron chi connectivity index (χ3n) is 5.89. The smallest absolute Gasteiger partial charge is 0.300 e. The van der Waals surface area contributed by atoms with Gasteiger partial charge in [0.05, 0.1) is 37.5 Å². The van der Waals surface area contributed by atoms with Crippen LogP contribution in [0.2, 0.25) is 0 Å². The first-order valence-electron chi connectivity index (χ1n) is 11.6. The molecule has 0 saturated carbocycles. The molecule has 1 atom stereocenters. The molecular formula is C28H26FNO7. The molecule has 37 heavy (non-hydrogen) atoms. The van der Waals surface area contributed by atoms with Crippen molar-refractivity contribution in [3.63, 3.8) is 0 Å². The minimum absolute atomic E-state index is 0.0824. The number of amides is 1. The van der Waals surface area contributed by atoms with Gasteiger partial charge in [-0.25, -0.2) is 4.39 Å². The summed E-state index contributed by atoms with van der Waals surface area (Å²) in [5.41, 5.74) is 0.398. The Morgan fingerprint density at radius 1 is 0.946 bits per heavy atom. The first-order valence-corrected chi connectivity index (χ1v) is 11.6. The molecular weight excluding hydrogens is 481 g/mol. The Morgan fingerprint density at radius 3 is 2.30 bits per heavy atom. The fraction of sp³-hybridized carbons (Fsp3) is 0.214. The highest BCUT2D eigenvalue weighted by atomic mass is 19.1. The number of methoxy groups -OCH3 is 1. The highest BCUT2D eigenvalue weighted by Crippen LogP contribution is 2.45. The van der Waals surface area contributed by atoms with Crippen molar-refractivity contribution in [2.75, 3.05) is 25.2 Å². The van der Waals surface area contributed by atoms with Gasteiger partial charge in [0.1, 0.15) is 23.1 Å². The summed E-state index contributed by atoms with van der Waals surface area (Å²) in [6, 6.07) is 13.3. The normalized spacial score (nSPS) is 16.6. The Balaban J connectivity index is 1.96. The second-order valence-corrected chi connectivity index (χ2v) is 8.10. The van der Waals surface area contributed by atoms with E-state index in [1.165, 1.54) is 36.3 Å². The van der Waals surface area contributed by atoms with Crippen molar-refractivity contribution in [1.29, 1.82) is 0 Å². The molecule has 3 aromatic carbocycles. The van der Waals surface area contributed by atoms with Crippen LogP contribution in [0.25, 0.3) is 5.76 Å². The van der Waals surface area contributed by atoms with E-state index in [1.807, 2.05) is 6.92 Å². The Hall–Kier alpha value is -4.53. The summed E-state index contributed by atoms with van der Waals surface area (Å²) in [4.78, 5) is 28.0. The molecule has 9 heteroatoms. The van der Waals surface area contributed by atoms with Crippen molar-refractivity contribution in [3.8, 4) is 23.0 Å². The Kier molecular flexibility index (Phi) is 7.33. The number of aliphatic hydroxyl groups is 1.